The van der Waals surface area contributed by atoms with Crippen LogP contribution < -0.4 is 0 Å². The highest BCUT2D eigenvalue weighted by Crippen LogP contribution is 2.16. The molecular weight excluding hydrogens is 697 g/mol. The van der Waals surface area contributed by atoms with Gasteiger partial charge < -0.3 is 15.3 Å². The van der Waals surface area contributed by atoms with Gasteiger partial charge in [0, 0.05) is 19.8 Å². The average molecular weight is 809 g/mol. The Morgan fingerprint density at radius 3 is 0.667 bits per heavy atom. The van der Waals surface area contributed by atoms with Crippen LogP contribution in [0.1, 0.15) is 310 Å². The predicted octanol–water partition coefficient (Wildman–Crippen LogP) is 18.4. The lowest BCUT2D eigenvalue weighted by Gasteiger charge is -2.04. The number of rotatable bonds is 46. The van der Waals surface area contributed by atoms with Crippen LogP contribution in [0.5, 0.6) is 0 Å². The molecule has 0 aliphatic carbocycles. The molecule has 0 saturated heterocycles. The molecule has 0 atom stereocenters. The molecule has 0 aromatic rings. The first-order valence-corrected chi connectivity index (χ1v) is 26.6. The van der Waals surface area contributed by atoms with E-state index in [2.05, 4.69) is 39.8 Å². The fourth-order valence-corrected chi connectivity index (χ4v) is 7.63. The summed E-state index contributed by atoms with van der Waals surface area (Å²) in [4.78, 5) is 0. The van der Waals surface area contributed by atoms with Crippen LogP contribution in [-0.2, 0) is 0 Å². The van der Waals surface area contributed by atoms with Gasteiger partial charge in [0.05, 0.1) is 0 Å². The summed E-state index contributed by atoms with van der Waals surface area (Å²) in [7, 11) is 0. The smallest absolute Gasteiger partial charge is 0.0431 e. The lowest BCUT2D eigenvalue weighted by Crippen LogP contribution is -1.87. The fourth-order valence-electron chi connectivity index (χ4n) is 7.63. The molecule has 0 spiro atoms. The van der Waals surface area contributed by atoms with Gasteiger partial charge >= 0.3 is 0 Å². The van der Waals surface area contributed by atoms with E-state index in [1.807, 2.05) is 0 Å². The summed E-state index contributed by atoms with van der Waals surface area (Å²) < 4.78 is 0. The van der Waals surface area contributed by atoms with E-state index in [1.54, 1.807) is 0 Å². The van der Waals surface area contributed by atoms with Gasteiger partial charge in [-0.05, 0) is 50.9 Å². The van der Waals surface area contributed by atoms with E-state index >= 15 is 0 Å². The second-order valence-electron chi connectivity index (χ2n) is 18.2. The largest absolute Gasteiger partial charge is 0.396 e. The minimum atomic E-state index is 0.362. The van der Waals surface area contributed by atoms with Crippen LogP contribution in [-0.4, -0.2) is 35.1 Å². The minimum absolute atomic E-state index is 0.362. The van der Waals surface area contributed by atoms with Crippen LogP contribution >= 0.6 is 0 Å². The Kier molecular flexibility index (Phi) is 66.6. The second-order valence-corrected chi connectivity index (χ2v) is 18.2. The maximum atomic E-state index is 8.67. The van der Waals surface area contributed by atoms with Gasteiger partial charge in [-0.15, -0.1) is 0 Å². The monoisotopic (exact) mass is 809 g/mol. The molecule has 0 amide bonds. The molecule has 3 N–H and O–H groups in total. The molecule has 0 fully saturated rings. The third-order valence-corrected chi connectivity index (χ3v) is 11.6. The highest BCUT2D eigenvalue weighted by Gasteiger charge is 1.97. The molecule has 0 aromatic heterocycles. The SMILES string of the molecule is CC(C)CCCCCCCCCCCCCCCO.CCCCCCCC/C=C\CCCCCCCCO.CCCCCCCCCCCCCCCCCCO. The fraction of sp³-hybridized carbons (Fsp3) is 0.963. The van der Waals surface area contributed by atoms with Crippen molar-refractivity contribution in [3.8, 4) is 0 Å². The van der Waals surface area contributed by atoms with E-state index in [9.17, 15) is 0 Å². The molecule has 0 aliphatic rings. The standard InChI is InChI=1S/2C18H38O.C18H36O/c1-18(2)16-14-12-10-8-6-4-3-5-7-9-11-13-15-17-19;2*1-2-3-4-5-6-7-8-9-10-11-12-13-14-15-16-17-18-19/h18-19H,3-17H2,1-2H3;19H,2-18H2,1H3;9-10,19H,2-8,11-18H2,1H3/b;;10-9-. The third-order valence-electron chi connectivity index (χ3n) is 11.6. The summed E-state index contributed by atoms with van der Waals surface area (Å²) >= 11 is 0. The highest BCUT2D eigenvalue weighted by atomic mass is 16.3. The maximum absolute atomic E-state index is 8.67. The van der Waals surface area contributed by atoms with Gasteiger partial charge in [0.2, 0.25) is 0 Å². The Bertz CT molecular complexity index is 631. The quantitative estimate of drug-likeness (QED) is 0.0424. The maximum Gasteiger partial charge on any atom is 0.0431 e. The molecule has 57 heavy (non-hydrogen) atoms. The number of unbranched alkanes of at least 4 members (excludes halogenated alkanes) is 39. The summed E-state index contributed by atoms with van der Waals surface area (Å²) in [6.07, 6.45) is 64.6. The Labute approximate surface area is 362 Å². The Morgan fingerprint density at radius 2 is 0.456 bits per heavy atom. The summed E-state index contributed by atoms with van der Waals surface area (Å²) in [5.41, 5.74) is 0. The molecule has 0 aliphatic heterocycles. The van der Waals surface area contributed by atoms with E-state index in [0.29, 0.717) is 19.8 Å². The van der Waals surface area contributed by atoms with Crippen molar-refractivity contribution in [1.82, 2.24) is 0 Å². The minimum Gasteiger partial charge on any atom is -0.396 e. The summed E-state index contributed by atoms with van der Waals surface area (Å²) in [5, 5.41) is 26.0. The molecule has 0 bridgehead atoms. The van der Waals surface area contributed by atoms with E-state index in [4.69, 9.17) is 15.3 Å². The number of aliphatic hydroxyl groups excluding tert-OH is 3. The molecule has 346 valence electrons. The van der Waals surface area contributed by atoms with Crippen LogP contribution in [0.15, 0.2) is 12.2 Å². The van der Waals surface area contributed by atoms with E-state index in [1.165, 1.54) is 263 Å². The number of hydrogen-bond donors (Lipinski definition) is 3. The zero-order chi connectivity index (χ0) is 42.2. The van der Waals surface area contributed by atoms with Gasteiger partial charge in [-0.1, -0.05) is 277 Å². The first-order chi connectivity index (χ1) is 28.1. The normalized spacial score (nSPS) is 11.3. The Hall–Kier alpha value is -0.380. The molecule has 0 saturated carbocycles. The number of hydrogen-bond acceptors (Lipinski definition) is 3. The summed E-state index contributed by atoms with van der Waals surface area (Å²) in [6, 6.07) is 0. The molecular formula is C54H112O3. The Morgan fingerprint density at radius 1 is 0.263 bits per heavy atom. The topological polar surface area (TPSA) is 60.7 Å². The lowest BCUT2D eigenvalue weighted by molar-refractivity contribution is 0.282. The zero-order valence-electron chi connectivity index (χ0n) is 40.3. The predicted molar refractivity (Wildman–Crippen MR) is 260 cm³/mol. The zero-order valence-corrected chi connectivity index (χ0v) is 40.3. The first kappa shape index (κ1) is 60.9. The molecule has 0 radical (unpaired) electrons. The van der Waals surface area contributed by atoms with Crippen molar-refractivity contribution in [3.63, 3.8) is 0 Å². The van der Waals surface area contributed by atoms with E-state index in [0.717, 1.165) is 25.2 Å². The van der Waals surface area contributed by atoms with Crippen molar-refractivity contribution in [1.29, 1.82) is 0 Å². The van der Waals surface area contributed by atoms with Crippen LogP contribution in [0.25, 0.3) is 0 Å². The molecule has 0 unspecified atom stereocenters. The third kappa shape index (κ3) is 70.5. The summed E-state index contributed by atoms with van der Waals surface area (Å²) in [6.45, 7) is 10.3. The van der Waals surface area contributed by atoms with Gasteiger partial charge in [0.1, 0.15) is 0 Å². The van der Waals surface area contributed by atoms with Crippen LogP contribution in [0.3, 0.4) is 0 Å². The van der Waals surface area contributed by atoms with Crippen molar-refractivity contribution in [2.45, 2.75) is 310 Å². The lowest BCUT2D eigenvalue weighted by atomic mass is 10.0. The first-order valence-electron chi connectivity index (χ1n) is 26.6. The number of aliphatic hydroxyl groups is 3. The average Bonchev–Trinajstić information content (AvgIpc) is 3.21. The summed E-state index contributed by atoms with van der Waals surface area (Å²) in [5.74, 6) is 0.886. The van der Waals surface area contributed by atoms with Gasteiger partial charge in [-0.3, -0.25) is 0 Å². The van der Waals surface area contributed by atoms with Gasteiger partial charge in [0.25, 0.3) is 0 Å². The molecule has 3 heteroatoms. The molecule has 0 aromatic carbocycles. The van der Waals surface area contributed by atoms with Crippen LogP contribution in [0.4, 0.5) is 0 Å². The van der Waals surface area contributed by atoms with Gasteiger partial charge in [0.15, 0.2) is 0 Å². The van der Waals surface area contributed by atoms with Crippen LogP contribution in [0, 0.1) is 5.92 Å². The van der Waals surface area contributed by atoms with E-state index < -0.39 is 0 Å². The van der Waals surface area contributed by atoms with Crippen molar-refractivity contribution in [2.75, 3.05) is 19.8 Å². The molecule has 0 heterocycles. The highest BCUT2D eigenvalue weighted by molar-refractivity contribution is 4.81. The molecule has 0 rings (SSSR count). The van der Waals surface area contributed by atoms with Crippen LogP contribution in [0.2, 0.25) is 0 Å². The second kappa shape index (κ2) is 62.3. The Balaban J connectivity index is -0.000000767. The van der Waals surface area contributed by atoms with Crippen molar-refractivity contribution < 1.29 is 15.3 Å². The van der Waals surface area contributed by atoms with Crippen molar-refractivity contribution >= 4 is 0 Å². The van der Waals surface area contributed by atoms with Crippen molar-refractivity contribution in [3.05, 3.63) is 12.2 Å². The van der Waals surface area contributed by atoms with Crippen molar-refractivity contribution in [2.24, 2.45) is 5.92 Å². The molecule has 3 nitrogen and oxygen atoms in total. The van der Waals surface area contributed by atoms with E-state index in [-0.39, 0.29) is 0 Å². The van der Waals surface area contributed by atoms with Gasteiger partial charge in [-0.2, -0.15) is 0 Å². The van der Waals surface area contributed by atoms with Gasteiger partial charge in [-0.25, -0.2) is 0 Å². The number of allylic oxidation sites excluding steroid dienone is 2.